The Morgan fingerprint density at radius 3 is 1.42 bits per heavy atom. The highest BCUT2D eigenvalue weighted by Crippen LogP contribution is 2.21. The summed E-state index contributed by atoms with van der Waals surface area (Å²) in [6.07, 6.45) is 0. The van der Waals surface area contributed by atoms with Crippen LogP contribution in [0.5, 0.6) is 0 Å². The molecule has 19 heavy (non-hydrogen) atoms. The van der Waals surface area contributed by atoms with E-state index in [4.69, 9.17) is 26.3 Å². The molecule has 0 amide bonds. The molecule has 0 bridgehead atoms. The van der Waals surface area contributed by atoms with Crippen molar-refractivity contribution in [3.05, 3.63) is 60.7 Å². The highest BCUT2D eigenvalue weighted by molar-refractivity contribution is 7.35. The van der Waals surface area contributed by atoms with Gasteiger partial charge in [-0.05, 0) is 23.5 Å². The third-order valence-corrected chi connectivity index (χ3v) is 10.6. The second-order valence-corrected chi connectivity index (χ2v) is 15.0. The van der Waals surface area contributed by atoms with Crippen LogP contribution in [0.25, 0.3) is 0 Å². The van der Waals surface area contributed by atoms with Gasteiger partial charge in [-0.15, -0.1) is 22.2 Å². The molecule has 100 valence electrons. The van der Waals surface area contributed by atoms with E-state index in [-0.39, 0.29) is 0 Å². The molecule has 0 heterocycles. The van der Waals surface area contributed by atoms with Gasteiger partial charge in [0.05, 0.1) is 0 Å². The first-order chi connectivity index (χ1) is 8.92. The fraction of sp³-hybridized carbons (Fsp3) is 0.143. The zero-order valence-electron chi connectivity index (χ0n) is 10.9. The van der Waals surface area contributed by atoms with E-state index in [1.807, 2.05) is 73.8 Å². The molecule has 0 atom stereocenters. The second-order valence-electron chi connectivity index (χ2n) is 4.79. The molecule has 2 aromatic carbocycles. The summed E-state index contributed by atoms with van der Waals surface area (Å²) in [6, 6.07) is 19.9. The van der Waals surface area contributed by atoms with Crippen molar-refractivity contribution in [1.82, 2.24) is 0 Å². The van der Waals surface area contributed by atoms with Crippen molar-refractivity contribution in [1.29, 1.82) is 0 Å². The van der Waals surface area contributed by atoms with Crippen molar-refractivity contribution >= 4 is 47.8 Å². The number of hydrogen-bond acceptors (Lipinski definition) is 1. The third kappa shape index (κ3) is 3.71. The molecule has 0 unspecified atom stereocenters. The van der Waals surface area contributed by atoms with Crippen LogP contribution in [0.15, 0.2) is 60.7 Å². The highest BCUT2D eigenvalue weighted by Gasteiger charge is 2.42. The standard InChI is InChI=1S/C14H16Cl2OSi2/c1-18(2,15)17-19(16,13-9-5-3-6-10-13)14-11-7-4-8-12-14/h3-12H,1-2H3. The van der Waals surface area contributed by atoms with Gasteiger partial charge < -0.3 is 4.12 Å². The number of benzene rings is 2. The van der Waals surface area contributed by atoms with Crippen molar-refractivity contribution in [3.63, 3.8) is 0 Å². The van der Waals surface area contributed by atoms with Gasteiger partial charge in [0.1, 0.15) is 0 Å². The molecule has 0 saturated carbocycles. The maximum atomic E-state index is 6.94. The second kappa shape index (κ2) is 5.81. The molecule has 0 spiro atoms. The van der Waals surface area contributed by atoms with Gasteiger partial charge in [-0.3, -0.25) is 0 Å². The molecule has 0 aliphatic heterocycles. The lowest BCUT2D eigenvalue weighted by Crippen LogP contribution is -2.60. The zero-order valence-corrected chi connectivity index (χ0v) is 14.4. The Kier molecular flexibility index (Phi) is 4.53. The average Bonchev–Trinajstić information content (AvgIpc) is 2.39. The van der Waals surface area contributed by atoms with E-state index in [1.165, 1.54) is 0 Å². The normalized spacial score (nSPS) is 12.4. The van der Waals surface area contributed by atoms with Crippen LogP contribution < -0.4 is 10.4 Å². The lowest BCUT2D eigenvalue weighted by atomic mass is 10.4. The molecule has 0 N–H and O–H groups in total. The number of hydrogen-bond donors (Lipinski definition) is 0. The van der Waals surface area contributed by atoms with Crippen molar-refractivity contribution in [2.45, 2.75) is 13.1 Å². The smallest absolute Gasteiger partial charge is 0.346 e. The molecule has 0 aliphatic carbocycles. The summed E-state index contributed by atoms with van der Waals surface area (Å²) in [6.45, 7) is 3.90. The van der Waals surface area contributed by atoms with Crippen LogP contribution in [0, 0.1) is 0 Å². The van der Waals surface area contributed by atoms with E-state index in [0.717, 1.165) is 10.4 Å². The maximum absolute atomic E-state index is 6.94. The highest BCUT2D eigenvalue weighted by atomic mass is 35.6. The van der Waals surface area contributed by atoms with Crippen LogP contribution in [-0.2, 0) is 4.12 Å². The van der Waals surface area contributed by atoms with Gasteiger partial charge in [0, 0.05) is 0 Å². The number of halogens is 2. The molecule has 0 radical (unpaired) electrons. The van der Waals surface area contributed by atoms with E-state index < -0.39 is 15.3 Å². The average molecular weight is 327 g/mol. The molecule has 5 heteroatoms. The quantitative estimate of drug-likeness (QED) is 0.617. The minimum atomic E-state index is -2.74. The van der Waals surface area contributed by atoms with Crippen molar-refractivity contribution in [2.24, 2.45) is 0 Å². The topological polar surface area (TPSA) is 9.23 Å². The van der Waals surface area contributed by atoms with Crippen LogP contribution in [0.1, 0.15) is 0 Å². The fourth-order valence-electron chi connectivity index (χ4n) is 1.92. The van der Waals surface area contributed by atoms with Gasteiger partial charge in [0.2, 0.25) is 0 Å². The summed E-state index contributed by atoms with van der Waals surface area (Å²) in [7, 11) is -4.99. The van der Waals surface area contributed by atoms with Crippen LogP contribution in [0.4, 0.5) is 0 Å². The summed E-state index contributed by atoms with van der Waals surface area (Å²) in [5.74, 6) is 0. The lowest BCUT2D eigenvalue weighted by molar-refractivity contribution is 0.602. The Morgan fingerprint density at radius 2 is 1.11 bits per heavy atom. The van der Waals surface area contributed by atoms with Gasteiger partial charge in [-0.1, -0.05) is 60.7 Å². The van der Waals surface area contributed by atoms with Crippen LogP contribution in [0.2, 0.25) is 13.1 Å². The summed E-state index contributed by atoms with van der Waals surface area (Å²) in [5, 5.41) is 2.06. The van der Waals surface area contributed by atoms with E-state index in [0.29, 0.717) is 0 Å². The SMILES string of the molecule is C[Si](C)(Cl)O[Si](Cl)(c1ccccc1)c1ccccc1. The van der Waals surface area contributed by atoms with E-state index in [2.05, 4.69) is 0 Å². The van der Waals surface area contributed by atoms with Crippen molar-refractivity contribution < 1.29 is 4.12 Å². The Hall–Kier alpha value is -0.586. The molecule has 2 aromatic rings. The molecular weight excluding hydrogens is 311 g/mol. The van der Waals surface area contributed by atoms with Crippen molar-refractivity contribution in [3.8, 4) is 0 Å². The Bertz CT molecular complexity index is 487. The lowest BCUT2D eigenvalue weighted by Gasteiger charge is -2.31. The van der Waals surface area contributed by atoms with Gasteiger partial charge in [0.25, 0.3) is 7.63 Å². The molecule has 0 fully saturated rings. The molecule has 2 rings (SSSR count). The molecule has 1 nitrogen and oxygen atoms in total. The first-order valence-corrected chi connectivity index (χ1v) is 12.9. The maximum Gasteiger partial charge on any atom is 0.346 e. The molecule has 0 aliphatic rings. The van der Waals surface area contributed by atoms with Crippen molar-refractivity contribution in [2.75, 3.05) is 0 Å². The van der Waals surface area contributed by atoms with Gasteiger partial charge in [-0.25, -0.2) is 0 Å². The van der Waals surface area contributed by atoms with Gasteiger partial charge in [0.15, 0.2) is 0 Å². The Labute approximate surface area is 125 Å². The van der Waals surface area contributed by atoms with E-state index in [1.54, 1.807) is 0 Å². The molecular formula is C14H16Cl2OSi2. The summed E-state index contributed by atoms with van der Waals surface area (Å²) in [5.41, 5.74) is 0. The first kappa shape index (κ1) is 14.8. The number of rotatable bonds is 4. The van der Waals surface area contributed by atoms with Crippen LogP contribution >= 0.6 is 22.2 Å². The zero-order chi connectivity index (χ0) is 13.9. The van der Waals surface area contributed by atoms with Crippen LogP contribution in [-0.4, -0.2) is 15.3 Å². The molecule has 0 aromatic heterocycles. The minimum Gasteiger partial charge on any atom is -0.426 e. The Balaban J connectivity index is 2.51. The van der Waals surface area contributed by atoms with Gasteiger partial charge >= 0.3 is 7.63 Å². The summed E-state index contributed by atoms with van der Waals surface area (Å²) in [4.78, 5) is 0. The largest absolute Gasteiger partial charge is 0.426 e. The van der Waals surface area contributed by atoms with Gasteiger partial charge in [-0.2, -0.15) is 0 Å². The van der Waals surface area contributed by atoms with Crippen LogP contribution in [0.3, 0.4) is 0 Å². The van der Waals surface area contributed by atoms with E-state index in [9.17, 15) is 0 Å². The fourth-order valence-corrected chi connectivity index (χ4v) is 11.0. The van der Waals surface area contributed by atoms with E-state index >= 15 is 0 Å². The monoisotopic (exact) mass is 326 g/mol. The first-order valence-electron chi connectivity index (χ1n) is 6.11. The third-order valence-electron chi connectivity index (χ3n) is 2.67. The molecule has 0 saturated heterocycles. The predicted octanol–water partition coefficient (Wildman–Crippen LogP) is 3.44. The predicted molar refractivity (Wildman–Crippen MR) is 88.2 cm³/mol. The minimum absolute atomic E-state index is 1.03. The Morgan fingerprint density at radius 1 is 0.737 bits per heavy atom. The summed E-state index contributed by atoms with van der Waals surface area (Å²) < 4.78 is 6.21. The summed E-state index contributed by atoms with van der Waals surface area (Å²) >= 11 is 13.3.